The number of primary amides is 1. The van der Waals surface area contributed by atoms with Crippen molar-refractivity contribution in [3.05, 3.63) is 0 Å². The summed E-state index contributed by atoms with van der Waals surface area (Å²) < 4.78 is 0. The fraction of sp³-hybridized carbons (Fsp3) is 0.571. The smallest absolute Gasteiger partial charge is 0.314 e. The Labute approximate surface area is 79.6 Å². The Kier molecular flexibility index (Phi) is 1.63. The minimum Gasteiger partial charge on any atom is -0.351 e. The lowest BCUT2D eigenvalue weighted by Crippen LogP contribution is -2.80. The zero-order valence-corrected chi connectivity index (χ0v) is 7.37. The molecule has 0 radical (unpaired) electrons. The summed E-state index contributed by atoms with van der Waals surface area (Å²) in [7, 11) is 0. The van der Waals surface area contributed by atoms with Crippen molar-refractivity contribution in [2.75, 3.05) is 19.6 Å². The number of carbonyl (C=O) groups is 3. The van der Waals surface area contributed by atoms with Gasteiger partial charge in [-0.25, -0.2) is 4.79 Å². The van der Waals surface area contributed by atoms with Crippen molar-refractivity contribution in [3.8, 4) is 0 Å². The van der Waals surface area contributed by atoms with Gasteiger partial charge in [-0.05, 0) is 0 Å². The molecule has 2 rings (SSSR count). The molecule has 4 N–H and O–H groups in total. The molecule has 2 aliphatic rings. The number of nitrogens with two attached hydrogens (primary N) is 1. The van der Waals surface area contributed by atoms with Gasteiger partial charge in [0.2, 0.25) is 11.8 Å². The van der Waals surface area contributed by atoms with E-state index in [0.717, 1.165) is 0 Å². The Morgan fingerprint density at radius 2 is 2.07 bits per heavy atom. The highest BCUT2D eigenvalue weighted by Crippen LogP contribution is 2.22. The second-order valence-electron chi connectivity index (χ2n) is 3.51. The van der Waals surface area contributed by atoms with E-state index in [0.29, 0.717) is 0 Å². The predicted octanol–water partition coefficient (Wildman–Crippen LogP) is -2.63. The number of nitrogens with one attached hydrogen (secondary N) is 2. The van der Waals surface area contributed by atoms with Crippen LogP contribution in [-0.2, 0) is 9.59 Å². The van der Waals surface area contributed by atoms with Crippen molar-refractivity contribution >= 4 is 17.8 Å². The molecular formula is C7H10N4O3. The van der Waals surface area contributed by atoms with Crippen molar-refractivity contribution in [2.24, 2.45) is 5.73 Å². The third-order valence-electron chi connectivity index (χ3n) is 2.46. The third kappa shape index (κ3) is 1.09. The monoisotopic (exact) mass is 198 g/mol. The number of urea groups is 1. The van der Waals surface area contributed by atoms with Crippen LogP contribution in [0.2, 0.25) is 0 Å². The highest BCUT2D eigenvalue weighted by molar-refractivity contribution is 6.00. The molecule has 7 nitrogen and oxygen atoms in total. The van der Waals surface area contributed by atoms with E-state index < -0.39 is 11.6 Å². The Balaban J connectivity index is 2.07. The molecule has 0 aromatic rings. The van der Waals surface area contributed by atoms with Crippen LogP contribution < -0.4 is 16.4 Å². The second kappa shape index (κ2) is 2.60. The molecule has 2 aliphatic heterocycles. The lowest BCUT2D eigenvalue weighted by Gasteiger charge is -2.49. The topological polar surface area (TPSA) is 105 Å². The molecule has 0 unspecified atom stereocenters. The van der Waals surface area contributed by atoms with Crippen LogP contribution in [0.3, 0.4) is 0 Å². The Morgan fingerprint density at radius 1 is 1.43 bits per heavy atom. The first-order valence-electron chi connectivity index (χ1n) is 4.17. The number of carbonyl (C=O) groups excluding carboxylic acids is 3. The molecule has 0 aromatic heterocycles. The van der Waals surface area contributed by atoms with Crippen LogP contribution in [0.15, 0.2) is 0 Å². The Hall–Kier alpha value is -1.79. The summed E-state index contributed by atoms with van der Waals surface area (Å²) in [6.07, 6.45) is 0. The molecule has 0 atom stereocenters. The molecule has 0 aromatic carbocycles. The summed E-state index contributed by atoms with van der Waals surface area (Å²) in [6, 6.07) is -0.580. The highest BCUT2D eigenvalue weighted by Gasteiger charge is 2.53. The number of nitrogens with zero attached hydrogens (tertiary/aromatic N) is 1. The van der Waals surface area contributed by atoms with Crippen molar-refractivity contribution in [2.45, 2.75) is 5.54 Å². The highest BCUT2D eigenvalue weighted by atomic mass is 16.2. The molecule has 14 heavy (non-hydrogen) atoms. The predicted molar refractivity (Wildman–Crippen MR) is 45.0 cm³/mol. The third-order valence-corrected chi connectivity index (χ3v) is 2.46. The maximum atomic E-state index is 11.4. The Bertz CT molecular complexity index is 321. The molecule has 0 aliphatic carbocycles. The van der Waals surface area contributed by atoms with Crippen LogP contribution in [0.1, 0.15) is 0 Å². The van der Waals surface area contributed by atoms with Crippen LogP contribution in [0.25, 0.3) is 0 Å². The molecule has 76 valence electrons. The summed E-state index contributed by atoms with van der Waals surface area (Å²) in [5.41, 5.74) is 4.07. The van der Waals surface area contributed by atoms with Gasteiger partial charge in [0.05, 0.1) is 19.6 Å². The molecule has 1 spiro atoms. The first-order chi connectivity index (χ1) is 6.53. The zero-order chi connectivity index (χ0) is 10.3. The summed E-state index contributed by atoms with van der Waals surface area (Å²) in [6.45, 7) is 0.303. The first kappa shape index (κ1) is 8.79. The number of piperazine rings is 1. The van der Waals surface area contributed by atoms with Gasteiger partial charge in [-0.2, -0.15) is 0 Å². The normalized spacial score (nSPS) is 23.9. The van der Waals surface area contributed by atoms with Crippen LogP contribution in [-0.4, -0.2) is 47.9 Å². The molecular weight excluding hydrogens is 188 g/mol. The van der Waals surface area contributed by atoms with Crippen molar-refractivity contribution < 1.29 is 14.4 Å². The molecule has 2 saturated heterocycles. The number of likely N-dealkylation sites (tertiary alicyclic amines) is 1. The minimum absolute atomic E-state index is 0.00282. The van der Waals surface area contributed by atoms with E-state index in [9.17, 15) is 14.4 Å². The van der Waals surface area contributed by atoms with E-state index in [2.05, 4.69) is 10.6 Å². The fourth-order valence-electron chi connectivity index (χ4n) is 1.68. The van der Waals surface area contributed by atoms with Gasteiger partial charge in [0.1, 0.15) is 0 Å². The Morgan fingerprint density at radius 3 is 2.64 bits per heavy atom. The van der Waals surface area contributed by atoms with Gasteiger partial charge >= 0.3 is 6.03 Å². The summed E-state index contributed by atoms with van der Waals surface area (Å²) in [4.78, 5) is 34.4. The quantitative estimate of drug-likeness (QED) is 0.396. The van der Waals surface area contributed by atoms with E-state index in [4.69, 9.17) is 5.73 Å². The van der Waals surface area contributed by atoms with E-state index in [1.807, 2.05) is 0 Å². The molecule has 0 bridgehead atoms. The van der Waals surface area contributed by atoms with Gasteiger partial charge in [0.25, 0.3) is 0 Å². The fourth-order valence-corrected chi connectivity index (χ4v) is 1.68. The van der Waals surface area contributed by atoms with Gasteiger partial charge in [-0.1, -0.05) is 0 Å². The maximum absolute atomic E-state index is 11.4. The van der Waals surface area contributed by atoms with Gasteiger partial charge < -0.3 is 21.3 Å². The average molecular weight is 198 g/mol. The van der Waals surface area contributed by atoms with Crippen LogP contribution in [0.4, 0.5) is 4.79 Å². The lowest BCUT2D eigenvalue weighted by atomic mass is 9.87. The lowest BCUT2D eigenvalue weighted by molar-refractivity contribution is -0.144. The van der Waals surface area contributed by atoms with Crippen LogP contribution in [0, 0.1) is 0 Å². The van der Waals surface area contributed by atoms with Gasteiger partial charge in [0, 0.05) is 0 Å². The minimum atomic E-state index is -0.940. The SMILES string of the molecule is NC(=O)N1CC2(C1)NC(=O)CNC2=O. The molecule has 7 heteroatoms. The average Bonchev–Trinajstić information content (AvgIpc) is 2.04. The van der Waals surface area contributed by atoms with E-state index >= 15 is 0 Å². The van der Waals surface area contributed by atoms with Gasteiger partial charge in [0.15, 0.2) is 5.54 Å². The second-order valence-corrected chi connectivity index (χ2v) is 3.51. The first-order valence-corrected chi connectivity index (χ1v) is 4.17. The summed E-state index contributed by atoms with van der Waals surface area (Å²) >= 11 is 0. The zero-order valence-electron chi connectivity index (χ0n) is 7.37. The summed E-state index contributed by atoms with van der Waals surface area (Å²) in [5.74, 6) is -0.497. The van der Waals surface area contributed by atoms with Crippen molar-refractivity contribution in [3.63, 3.8) is 0 Å². The standard InChI is InChI=1S/C7H10N4O3/c8-6(14)11-2-7(3-11)5(13)9-1-4(12)10-7/h1-3H2,(H2,8,14)(H,9,13)(H,10,12). The molecule has 2 fully saturated rings. The van der Waals surface area contributed by atoms with Crippen molar-refractivity contribution in [1.29, 1.82) is 0 Å². The van der Waals surface area contributed by atoms with E-state index in [1.165, 1.54) is 4.90 Å². The summed E-state index contributed by atoms with van der Waals surface area (Å²) in [5, 5.41) is 5.02. The van der Waals surface area contributed by atoms with Gasteiger partial charge in [-0.3, -0.25) is 9.59 Å². The largest absolute Gasteiger partial charge is 0.351 e. The van der Waals surface area contributed by atoms with E-state index in [1.54, 1.807) is 0 Å². The maximum Gasteiger partial charge on any atom is 0.314 e. The molecule has 0 saturated carbocycles. The van der Waals surface area contributed by atoms with Crippen LogP contribution >= 0.6 is 0 Å². The van der Waals surface area contributed by atoms with Crippen molar-refractivity contribution in [1.82, 2.24) is 15.5 Å². The molecule has 2 heterocycles. The number of amides is 4. The van der Waals surface area contributed by atoms with E-state index in [-0.39, 0.29) is 31.4 Å². The molecule has 4 amide bonds. The number of rotatable bonds is 0. The number of hydrogen-bond donors (Lipinski definition) is 3. The number of hydrogen-bond acceptors (Lipinski definition) is 3. The van der Waals surface area contributed by atoms with Crippen LogP contribution in [0.5, 0.6) is 0 Å². The van der Waals surface area contributed by atoms with Gasteiger partial charge in [-0.15, -0.1) is 0 Å².